The molecule has 1 aliphatic heterocycles. The lowest BCUT2D eigenvalue weighted by molar-refractivity contribution is 0.0539. The number of hydrogen-bond acceptors (Lipinski definition) is 4. The molecule has 0 aliphatic carbocycles. The molecule has 1 unspecified atom stereocenters. The average Bonchev–Trinajstić information content (AvgIpc) is 3.04. The Bertz CT molecular complexity index is 544. The molecule has 0 bridgehead atoms. The van der Waals surface area contributed by atoms with Crippen molar-refractivity contribution in [2.24, 2.45) is 0 Å². The molecule has 0 saturated carbocycles. The van der Waals surface area contributed by atoms with Crippen LogP contribution in [0.4, 0.5) is 0 Å². The van der Waals surface area contributed by atoms with Crippen molar-refractivity contribution in [3.63, 3.8) is 0 Å². The van der Waals surface area contributed by atoms with Gasteiger partial charge < -0.3 is 14.5 Å². The highest BCUT2D eigenvalue weighted by molar-refractivity contribution is 6.73. The number of aromatic nitrogens is 1. The van der Waals surface area contributed by atoms with Crippen LogP contribution in [0.5, 0.6) is 0 Å². The first-order chi connectivity index (χ1) is 12.4. The third-order valence-corrected chi connectivity index (χ3v) is 10.8. The van der Waals surface area contributed by atoms with Crippen LogP contribution in [0.25, 0.3) is 0 Å². The highest BCUT2D eigenvalue weighted by Gasteiger charge is 2.34. The molecule has 1 aliphatic rings. The lowest BCUT2D eigenvalue weighted by atomic mass is 10.1. The summed E-state index contributed by atoms with van der Waals surface area (Å²) >= 11 is 12.9. The third-order valence-electron chi connectivity index (χ3n) is 5.56. The van der Waals surface area contributed by atoms with E-state index >= 15 is 0 Å². The molecule has 1 saturated heterocycles. The molecule has 1 N–H and O–H groups in total. The fourth-order valence-electron chi connectivity index (χ4n) is 3.64. The molecule has 0 amide bonds. The van der Waals surface area contributed by atoms with Crippen LogP contribution in [0.1, 0.15) is 52.2 Å². The van der Waals surface area contributed by atoms with Crippen molar-refractivity contribution in [3.8, 4) is 0 Å². The van der Waals surface area contributed by atoms with E-state index in [0.717, 1.165) is 43.1 Å². The molecule has 0 aromatic carbocycles. The summed E-state index contributed by atoms with van der Waals surface area (Å²) < 4.78 is 12.7. The summed E-state index contributed by atoms with van der Waals surface area (Å²) in [5.74, 6) is 0. The first kappa shape index (κ1) is 22.1. The lowest BCUT2D eigenvalue weighted by Gasteiger charge is -2.34. The summed E-state index contributed by atoms with van der Waals surface area (Å²) in [4.78, 5) is 4.09. The minimum atomic E-state index is -1.81. The fraction of sp³-hybridized carbons (Fsp3) is 0.737. The maximum absolute atomic E-state index is 6.76. The molecule has 1 fully saturated rings. The molecule has 1 aromatic heterocycles. The number of rotatable bonds is 10. The Balaban J connectivity index is 2.13. The average molecular weight is 419 g/mol. The SMILES string of the molecule is CC[Si](CC)(CC)OC(CNC[C@@H]1CC[C@@H](C)O1)c1c(Cl)cncc1Cl. The van der Waals surface area contributed by atoms with E-state index in [0.29, 0.717) is 22.7 Å². The number of halogens is 2. The van der Waals surface area contributed by atoms with Gasteiger partial charge in [0.2, 0.25) is 0 Å². The van der Waals surface area contributed by atoms with Crippen LogP contribution < -0.4 is 5.32 Å². The molecule has 3 atom stereocenters. The van der Waals surface area contributed by atoms with Gasteiger partial charge in [-0.05, 0) is 37.9 Å². The van der Waals surface area contributed by atoms with Crippen molar-refractivity contribution in [2.45, 2.75) is 77.0 Å². The van der Waals surface area contributed by atoms with Gasteiger partial charge in [0.15, 0.2) is 8.32 Å². The molecule has 0 spiro atoms. The van der Waals surface area contributed by atoms with E-state index in [9.17, 15) is 0 Å². The number of pyridine rings is 1. The Morgan fingerprint density at radius 3 is 2.31 bits per heavy atom. The smallest absolute Gasteiger partial charge is 0.192 e. The van der Waals surface area contributed by atoms with Gasteiger partial charge in [0.25, 0.3) is 0 Å². The Kier molecular flexibility index (Phi) is 8.84. The van der Waals surface area contributed by atoms with Crippen molar-refractivity contribution < 1.29 is 9.16 Å². The Morgan fingerprint density at radius 1 is 1.19 bits per heavy atom. The van der Waals surface area contributed by atoms with Crippen LogP contribution in [-0.4, -0.2) is 38.6 Å². The maximum Gasteiger partial charge on any atom is 0.192 e. The second kappa shape index (κ2) is 10.4. The zero-order valence-corrected chi connectivity index (χ0v) is 18.9. The van der Waals surface area contributed by atoms with E-state index in [-0.39, 0.29) is 12.2 Å². The molecule has 2 heterocycles. The van der Waals surface area contributed by atoms with E-state index in [1.807, 2.05) is 0 Å². The highest BCUT2D eigenvalue weighted by Crippen LogP contribution is 2.36. The van der Waals surface area contributed by atoms with E-state index in [4.69, 9.17) is 32.4 Å². The van der Waals surface area contributed by atoms with Crippen molar-refractivity contribution >= 4 is 31.5 Å². The van der Waals surface area contributed by atoms with Gasteiger partial charge in [-0.25, -0.2) is 0 Å². The van der Waals surface area contributed by atoms with Crippen LogP contribution in [0.15, 0.2) is 12.4 Å². The second-order valence-corrected chi connectivity index (χ2v) is 12.7. The monoisotopic (exact) mass is 418 g/mol. The largest absolute Gasteiger partial charge is 0.409 e. The highest BCUT2D eigenvalue weighted by atomic mass is 35.5. The van der Waals surface area contributed by atoms with Gasteiger partial charge in [-0.2, -0.15) is 0 Å². The molecule has 0 radical (unpaired) electrons. The zero-order chi connectivity index (χ0) is 19.2. The number of nitrogens with one attached hydrogen (secondary N) is 1. The predicted octanol–water partition coefficient (Wildman–Crippen LogP) is 5.61. The summed E-state index contributed by atoms with van der Waals surface area (Å²) in [6, 6.07) is 3.25. The lowest BCUT2D eigenvalue weighted by Crippen LogP contribution is -2.41. The van der Waals surface area contributed by atoms with Crippen molar-refractivity contribution in [1.29, 1.82) is 0 Å². The van der Waals surface area contributed by atoms with Crippen LogP contribution >= 0.6 is 23.2 Å². The van der Waals surface area contributed by atoms with Crippen LogP contribution in [0, 0.1) is 0 Å². The molecular weight excluding hydrogens is 387 g/mol. The van der Waals surface area contributed by atoms with Crippen LogP contribution in [0.3, 0.4) is 0 Å². The molecular formula is C19H32Cl2N2O2Si. The standard InChI is InChI=1S/C19H32Cl2N2O2Si/c1-5-26(6-2,7-3)25-18(19-16(20)11-23-12-17(19)21)13-22-10-15-9-8-14(4)24-15/h11-12,14-15,18,22H,5-10,13H2,1-4H3/t14-,15+,18?/m1/s1. The minimum absolute atomic E-state index is 0.164. The normalized spacial score (nSPS) is 21.9. The van der Waals surface area contributed by atoms with Gasteiger partial charge in [0, 0.05) is 31.0 Å². The minimum Gasteiger partial charge on any atom is -0.409 e. The molecule has 4 nitrogen and oxygen atoms in total. The van der Waals surface area contributed by atoms with E-state index in [1.165, 1.54) is 0 Å². The fourth-order valence-corrected chi connectivity index (χ4v) is 7.06. The molecule has 26 heavy (non-hydrogen) atoms. The first-order valence-electron chi connectivity index (χ1n) is 9.77. The summed E-state index contributed by atoms with van der Waals surface area (Å²) in [5.41, 5.74) is 0.851. The summed E-state index contributed by atoms with van der Waals surface area (Å²) in [7, 11) is -1.81. The summed E-state index contributed by atoms with van der Waals surface area (Å²) in [6.45, 7) is 10.3. The van der Waals surface area contributed by atoms with E-state index < -0.39 is 8.32 Å². The number of nitrogens with zero attached hydrogens (tertiary/aromatic N) is 1. The third kappa shape index (κ3) is 5.66. The maximum atomic E-state index is 6.76. The van der Waals surface area contributed by atoms with Crippen LogP contribution in [-0.2, 0) is 9.16 Å². The molecule has 7 heteroatoms. The van der Waals surface area contributed by atoms with Crippen molar-refractivity contribution in [3.05, 3.63) is 28.0 Å². The topological polar surface area (TPSA) is 43.4 Å². The Hall–Kier alpha value is -0.173. The zero-order valence-electron chi connectivity index (χ0n) is 16.4. The van der Waals surface area contributed by atoms with Crippen molar-refractivity contribution in [2.75, 3.05) is 13.1 Å². The van der Waals surface area contributed by atoms with Gasteiger partial charge in [0.05, 0.1) is 28.4 Å². The number of hydrogen-bond donors (Lipinski definition) is 1. The Labute approximate surface area is 169 Å². The van der Waals surface area contributed by atoms with Gasteiger partial charge in [0.1, 0.15) is 0 Å². The number of ether oxygens (including phenoxy) is 1. The van der Waals surface area contributed by atoms with Gasteiger partial charge in [-0.15, -0.1) is 0 Å². The quantitative estimate of drug-likeness (QED) is 0.501. The molecule has 1 aromatic rings. The van der Waals surface area contributed by atoms with Crippen molar-refractivity contribution in [1.82, 2.24) is 10.3 Å². The van der Waals surface area contributed by atoms with Crippen LogP contribution in [0.2, 0.25) is 28.2 Å². The van der Waals surface area contributed by atoms with Gasteiger partial charge >= 0.3 is 0 Å². The predicted molar refractivity (Wildman–Crippen MR) is 112 cm³/mol. The van der Waals surface area contributed by atoms with E-state index in [1.54, 1.807) is 12.4 Å². The first-order valence-corrected chi connectivity index (χ1v) is 13.1. The second-order valence-electron chi connectivity index (χ2n) is 7.17. The van der Waals surface area contributed by atoms with Gasteiger partial charge in [-0.1, -0.05) is 44.0 Å². The van der Waals surface area contributed by atoms with Gasteiger partial charge in [-0.3, -0.25) is 4.98 Å². The van der Waals surface area contributed by atoms with E-state index in [2.05, 4.69) is 38.0 Å². The molecule has 2 rings (SSSR count). The summed E-state index contributed by atoms with van der Waals surface area (Å²) in [6.07, 6.45) is 6.00. The molecule has 148 valence electrons. The summed E-state index contributed by atoms with van der Waals surface area (Å²) in [5, 5.41) is 4.67. The Morgan fingerprint density at radius 2 is 1.81 bits per heavy atom.